The van der Waals surface area contributed by atoms with E-state index in [9.17, 15) is 4.79 Å². The summed E-state index contributed by atoms with van der Waals surface area (Å²) in [5.74, 6) is 0.541. The van der Waals surface area contributed by atoms with Crippen LogP contribution in [0.2, 0.25) is 0 Å². The molecule has 1 aliphatic rings. The van der Waals surface area contributed by atoms with E-state index in [4.69, 9.17) is 14.7 Å². The lowest BCUT2D eigenvalue weighted by Crippen LogP contribution is -2.48. The van der Waals surface area contributed by atoms with Crippen LogP contribution in [0.5, 0.6) is 0 Å². The third-order valence-electron chi connectivity index (χ3n) is 6.52. The Hall–Kier alpha value is -3.00. The van der Waals surface area contributed by atoms with Gasteiger partial charge in [-0.05, 0) is 36.0 Å². The molecule has 1 aromatic carbocycles. The zero-order valence-electron chi connectivity index (χ0n) is 21.3. The van der Waals surface area contributed by atoms with Crippen molar-refractivity contribution < 1.29 is 9.53 Å². The average Bonchev–Trinajstić information content (AvgIpc) is 3.16. The summed E-state index contributed by atoms with van der Waals surface area (Å²) in [5.41, 5.74) is 6.63. The largest absolute Gasteiger partial charge is 0.465 e. The van der Waals surface area contributed by atoms with Gasteiger partial charge in [0.2, 0.25) is 5.95 Å². The first-order valence-electron chi connectivity index (χ1n) is 12.1. The van der Waals surface area contributed by atoms with E-state index in [1.165, 1.54) is 16.7 Å². The monoisotopic (exact) mass is 464 g/mol. The van der Waals surface area contributed by atoms with Crippen LogP contribution >= 0.6 is 0 Å². The SMILES string of the molecule is CCOC(=O)CN1CCN(c2nc(Cc3cc(C(C)(C)C)ccc3C)c3c(ncn3C)n2)CC1. The summed E-state index contributed by atoms with van der Waals surface area (Å²) in [7, 11) is 1.99. The number of aromatic nitrogens is 4. The molecule has 0 bridgehead atoms. The number of hydrogen-bond acceptors (Lipinski definition) is 7. The number of nitrogens with zero attached hydrogens (tertiary/aromatic N) is 6. The smallest absolute Gasteiger partial charge is 0.320 e. The fourth-order valence-electron chi connectivity index (χ4n) is 4.39. The van der Waals surface area contributed by atoms with Gasteiger partial charge in [0.05, 0.1) is 25.2 Å². The van der Waals surface area contributed by atoms with Crippen molar-refractivity contribution in [1.29, 1.82) is 0 Å². The van der Waals surface area contributed by atoms with Crippen molar-refractivity contribution in [2.24, 2.45) is 7.05 Å². The molecule has 0 atom stereocenters. The first-order valence-corrected chi connectivity index (χ1v) is 12.1. The number of anilines is 1. The second-order valence-electron chi connectivity index (χ2n) is 10.1. The normalized spacial score (nSPS) is 15.2. The van der Waals surface area contributed by atoms with Crippen LogP contribution in [-0.4, -0.2) is 69.7 Å². The summed E-state index contributed by atoms with van der Waals surface area (Å²) in [6.07, 6.45) is 2.53. The lowest BCUT2D eigenvalue weighted by Gasteiger charge is -2.34. The second-order valence-corrected chi connectivity index (χ2v) is 10.1. The molecule has 0 saturated carbocycles. The van der Waals surface area contributed by atoms with Gasteiger partial charge in [-0.2, -0.15) is 4.98 Å². The predicted molar refractivity (Wildman–Crippen MR) is 134 cm³/mol. The van der Waals surface area contributed by atoms with Gasteiger partial charge in [0, 0.05) is 39.6 Å². The van der Waals surface area contributed by atoms with Gasteiger partial charge < -0.3 is 14.2 Å². The lowest BCUT2D eigenvalue weighted by molar-refractivity contribution is -0.144. The summed E-state index contributed by atoms with van der Waals surface area (Å²) in [6, 6.07) is 6.74. The minimum absolute atomic E-state index is 0.0877. The number of imidazole rings is 1. The highest BCUT2D eigenvalue weighted by molar-refractivity contribution is 5.76. The Morgan fingerprint density at radius 3 is 2.53 bits per heavy atom. The first-order chi connectivity index (χ1) is 16.2. The molecule has 1 fully saturated rings. The predicted octanol–water partition coefficient (Wildman–Crippen LogP) is 3.25. The van der Waals surface area contributed by atoms with E-state index in [0.29, 0.717) is 19.1 Å². The number of aryl methyl sites for hydroxylation is 2. The maximum Gasteiger partial charge on any atom is 0.320 e. The molecular weight excluding hydrogens is 428 g/mol. The molecule has 8 nitrogen and oxygen atoms in total. The molecule has 1 saturated heterocycles. The van der Waals surface area contributed by atoms with Crippen molar-refractivity contribution in [3.8, 4) is 0 Å². The maximum atomic E-state index is 11.8. The highest BCUT2D eigenvalue weighted by Gasteiger charge is 2.24. The van der Waals surface area contributed by atoms with Crippen molar-refractivity contribution in [1.82, 2.24) is 24.4 Å². The Labute approximate surface area is 202 Å². The van der Waals surface area contributed by atoms with E-state index in [-0.39, 0.29) is 11.4 Å². The molecule has 8 heteroatoms. The third-order valence-corrected chi connectivity index (χ3v) is 6.52. The standard InChI is InChI=1S/C26H36N6O2/c1-7-34-22(33)16-31-10-12-32(13-11-31)25-28-21(23-24(29-25)27-17-30(23)6)15-19-14-20(26(3,4)5)9-8-18(19)2/h8-9,14,17H,7,10-13,15-16H2,1-6H3. The highest BCUT2D eigenvalue weighted by atomic mass is 16.5. The topological polar surface area (TPSA) is 76.4 Å². The molecule has 0 amide bonds. The van der Waals surface area contributed by atoms with E-state index in [1.807, 2.05) is 24.9 Å². The molecule has 4 rings (SSSR count). The van der Waals surface area contributed by atoms with Gasteiger partial charge in [0.1, 0.15) is 5.52 Å². The van der Waals surface area contributed by atoms with Gasteiger partial charge in [0.25, 0.3) is 0 Å². The lowest BCUT2D eigenvalue weighted by atomic mass is 9.84. The summed E-state index contributed by atoms with van der Waals surface area (Å²) in [4.78, 5) is 30.5. The average molecular weight is 465 g/mol. The van der Waals surface area contributed by atoms with Crippen LogP contribution < -0.4 is 4.90 Å². The summed E-state index contributed by atoms with van der Waals surface area (Å²) in [5, 5.41) is 0. The molecule has 2 aromatic heterocycles. The Kier molecular flexibility index (Phi) is 6.89. The molecular formula is C26H36N6O2. The Morgan fingerprint density at radius 1 is 1.12 bits per heavy atom. The summed E-state index contributed by atoms with van der Waals surface area (Å²) >= 11 is 0. The van der Waals surface area contributed by atoms with Crippen molar-refractivity contribution in [2.45, 2.75) is 46.5 Å². The molecule has 3 aromatic rings. The molecule has 0 N–H and O–H groups in total. The third kappa shape index (κ3) is 5.22. The second kappa shape index (κ2) is 9.70. The van der Waals surface area contributed by atoms with Crippen molar-refractivity contribution in [3.05, 3.63) is 46.9 Å². The van der Waals surface area contributed by atoms with Crippen LogP contribution in [0, 0.1) is 6.92 Å². The number of fused-ring (bicyclic) bond motifs is 1. The van der Waals surface area contributed by atoms with Gasteiger partial charge in [-0.25, -0.2) is 9.97 Å². The molecule has 0 radical (unpaired) electrons. The van der Waals surface area contributed by atoms with E-state index in [2.05, 4.69) is 60.7 Å². The van der Waals surface area contributed by atoms with Crippen LogP contribution in [0.15, 0.2) is 24.5 Å². The van der Waals surface area contributed by atoms with Gasteiger partial charge in [-0.1, -0.05) is 39.0 Å². The zero-order valence-corrected chi connectivity index (χ0v) is 21.3. The number of hydrogen-bond donors (Lipinski definition) is 0. The van der Waals surface area contributed by atoms with Crippen LogP contribution in [0.25, 0.3) is 11.2 Å². The van der Waals surface area contributed by atoms with E-state index < -0.39 is 0 Å². The number of esters is 1. The minimum Gasteiger partial charge on any atom is -0.465 e. The van der Waals surface area contributed by atoms with E-state index in [0.717, 1.165) is 49.5 Å². The summed E-state index contributed by atoms with van der Waals surface area (Å²) < 4.78 is 7.10. The highest BCUT2D eigenvalue weighted by Crippen LogP contribution is 2.27. The van der Waals surface area contributed by atoms with E-state index >= 15 is 0 Å². The molecule has 1 aliphatic heterocycles. The first kappa shape index (κ1) is 24.1. The number of carbonyl (C=O) groups is 1. The molecule has 0 unspecified atom stereocenters. The molecule has 34 heavy (non-hydrogen) atoms. The number of benzene rings is 1. The molecule has 3 heterocycles. The van der Waals surface area contributed by atoms with Crippen LogP contribution in [0.1, 0.15) is 50.1 Å². The molecule has 0 aliphatic carbocycles. The Bertz CT molecular complexity index is 1170. The van der Waals surface area contributed by atoms with Gasteiger partial charge in [-0.3, -0.25) is 9.69 Å². The number of carbonyl (C=O) groups excluding carboxylic acids is 1. The van der Waals surface area contributed by atoms with Crippen molar-refractivity contribution in [2.75, 3.05) is 44.2 Å². The van der Waals surface area contributed by atoms with Crippen molar-refractivity contribution >= 4 is 23.1 Å². The van der Waals surface area contributed by atoms with Gasteiger partial charge >= 0.3 is 5.97 Å². The van der Waals surface area contributed by atoms with Crippen molar-refractivity contribution in [3.63, 3.8) is 0 Å². The quantitative estimate of drug-likeness (QED) is 0.518. The Morgan fingerprint density at radius 2 is 1.85 bits per heavy atom. The minimum atomic E-state index is -0.169. The molecule has 0 spiro atoms. The van der Waals surface area contributed by atoms with E-state index in [1.54, 1.807) is 0 Å². The number of ether oxygens (including phenoxy) is 1. The fraction of sp³-hybridized carbons (Fsp3) is 0.538. The van der Waals surface area contributed by atoms with Gasteiger partial charge in [0.15, 0.2) is 5.65 Å². The Balaban J connectivity index is 1.60. The fourth-order valence-corrected chi connectivity index (χ4v) is 4.39. The zero-order chi connectivity index (χ0) is 24.5. The van der Waals surface area contributed by atoms with Gasteiger partial charge in [-0.15, -0.1) is 0 Å². The van der Waals surface area contributed by atoms with Crippen LogP contribution in [0.3, 0.4) is 0 Å². The maximum absolute atomic E-state index is 11.8. The number of piperazine rings is 1. The van der Waals surface area contributed by atoms with Crippen LogP contribution in [0.4, 0.5) is 5.95 Å². The summed E-state index contributed by atoms with van der Waals surface area (Å²) in [6.45, 7) is 14.5. The van der Waals surface area contributed by atoms with Crippen LogP contribution in [-0.2, 0) is 28.4 Å². The molecule has 182 valence electrons. The number of rotatable bonds is 6.